The molecular formula is C22H19N3O6S. The van der Waals surface area contributed by atoms with Crippen LogP contribution >= 0.6 is 0 Å². The van der Waals surface area contributed by atoms with Gasteiger partial charge in [0.1, 0.15) is 11.5 Å². The molecule has 1 saturated heterocycles. The molecule has 9 nitrogen and oxygen atoms in total. The van der Waals surface area contributed by atoms with Crippen molar-refractivity contribution in [2.75, 3.05) is 16.2 Å². The lowest BCUT2D eigenvalue weighted by atomic mass is 10.1. The number of carboxylic acids is 1. The maximum atomic E-state index is 12.7. The number of hydrogen-bond acceptors (Lipinski definition) is 6. The normalized spacial score (nSPS) is 16.1. The Balaban J connectivity index is 1.43. The van der Waals surface area contributed by atoms with E-state index in [0.717, 1.165) is 0 Å². The molecule has 0 radical (unpaired) electrons. The van der Waals surface area contributed by atoms with Crippen molar-refractivity contribution >= 4 is 33.3 Å². The van der Waals surface area contributed by atoms with Crippen LogP contribution in [0.3, 0.4) is 0 Å². The molecule has 0 spiro atoms. The Bertz CT molecular complexity index is 1230. The van der Waals surface area contributed by atoms with E-state index in [2.05, 4.69) is 9.71 Å². The molecular weight excluding hydrogens is 434 g/mol. The van der Waals surface area contributed by atoms with Crippen LogP contribution in [0.5, 0.6) is 11.5 Å². The quantitative estimate of drug-likeness (QED) is 0.563. The Morgan fingerprint density at radius 2 is 1.62 bits per heavy atom. The van der Waals surface area contributed by atoms with Gasteiger partial charge in [0.25, 0.3) is 10.0 Å². The van der Waals surface area contributed by atoms with Crippen LogP contribution in [0.25, 0.3) is 0 Å². The lowest BCUT2D eigenvalue weighted by Crippen LogP contribution is -2.25. The lowest BCUT2D eigenvalue weighted by Gasteiger charge is -2.16. The second-order valence-electron chi connectivity index (χ2n) is 7.15. The van der Waals surface area contributed by atoms with Gasteiger partial charge >= 0.3 is 5.97 Å². The summed E-state index contributed by atoms with van der Waals surface area (Å²) in [5.41, 5.74) is 0.811. The molecule has 1 atom stereocenters. The van der Waals surface area contributed by atoms with E-state index >= 15 is 0 Å². The molecule has 1 amide bonds. The predicted molar refractivity (Wildman–Crippen MR) is 116 cm³/mol. The van der Waals surface area contributed by atoms with Crippen molar-refractivity contribution in [2.24, 2.45) is 5.92 Å². The van der Waals surface area contributed by atoms with E-state index in [-0.39, 0.29) is 23.8 Å². The molecule has 4 rings (SSSR count). The van der Waals surface area contributed by atoms with Gasteiger partial charge in [-0.05, 0) is 60.7 Å². The lowest BCUT2D eigenvalue weighted by molar-refractivity contribution is -0.141. The molecule has 10 heteroatoms. The monoisotopic (exact) mass is 453 g/mol. The van der Waals surface area contributed by atoms with Gasteiger partial charge < -0.3 is 14.7 Å². The van der Waals surface area contributed by atoms with E-state index in [4.69, 9.17) is 9.84 Å². The molecule has 0 bridgehead atoms. The summed E-state index contributed by atoms with van der Waals surface area (Å²) in [4.78, 5) is 28.5. The highest BCUT2D eigenvalue weighted by Gasteiger charge is 2.35. The number of carbonyl (C=O) groups is 2. The number of aromatic nitrogens is 1. The largest absolute Gasteiger partial charge is 0.481 e. The number of ether oxygens (including phenoxy) is 1. The van der Waals surface area contributed by atoms with E-state index in [0.29, 0.717) is 22.9 Å². The van der Waals surface area contributed by atoms with Crippen molar-refractivity contribution in [3.8, 4) is 11.5 Å². The first-order valence-corrected chi connectivity index (χ1v) is 11.1. The van der Waals surface area contributed by atoms with Crippen LogP contribution in [0.15, 0.2) is 78.0 Å². The topological polar surface area (TPSA) is 126 Å². The average molecular weight is 453 g/mol. The molecule has 1 aliphatic rings. The number of carboxylic acid groups (broad SMARTS) is 1. The van der Waals surface area contributed by atoms with Gasteiger partial charge in [0, 0.05) is 36.7 Å². The van der Waals surface area contributed by atoms with Crippen LogP contribution in [0.4, 0.5) is 11.4 Å². The minimum atomic E-state index is -3.86. The van der Waals surface area contributed by atoms with Gasteiger partial charge in [0.15, 0.2) is 0 Å². The van der Waals surface area contributed by atoms with Crippen molar-refractivity contribution in [3.05, 3.63) is 73.1 Å². The van der Waals surface area contributed by atoms with Crippen molar-refractivity contribution < 1.29 is 27.9 Å². The maximum absolute atomic E-state index is 12.7. The molecule has 1 aliphatic heterocycles. The fourth-order valence-electron chi connectivity index (χ4n) is 3.28. The molecule has 0 aliphatic carbocycles. The van der Waals surface area contributed by atoms with Crippen LogP contribution < -0.4 is 14.4 Å². The Kier molecular flexibility index (Phi) is 5.78. The molecule has 1 aromatic heterocycles. The van der Waals surface area contributed by atoms with Crippen LogP contribution in [0, 0.1) is 5.92 Å². The Hall–Kier alpha value is -3.92. The minimum Gasteiger partial charge on any atom is -0.481 e. The fraction of sp³-hybridized carbons (Fsp3) is 0.136. The number of benzene rings is 2. The minimum absolute atomic E-state index is 0.0137. The summed E-state index contributed by atoms with van der Waals surface area (Å²) in [6.45, 7) is 0.0619. The van der Waals surface area contributed by atoms with E-state index in [1.807, 2.05) is 0 Å². The van der Waals surface area contributed by atoms with Crippen molar-refractivity contribution in [2.45, 2.75) is 11.3 Å². The zero-order valence-electron chi connectivity index (χ0n) is 16.7. The molecule has 2 heterocycles. The molecule has 0 saturated carbocycles. The smallest absolute Gasteiger partial charge is 0.308 e. The van der Waals surface area contributed by atoms with Crippen molar-refractivity contribution in [1.29, 1.82) is 0 Å². The summed E-state index contributed by atoms with van der Waals surface area (Å²) in [6, 6.07) is 15.6. The van der Waals surface area contributed by atoms with Gasteiger partial charge in [0.2, 0.25) is 5.91 Å². The molecule has 3 aromatic rings. The van der Waals surface area contributed by atoms with Gasteiger partial charge in [-0.25, -0.2) is 8.42 Å². The molecule has 2 aromatic carbocycles. The first-order valence-electron chi connectivity index (χ1n) is 9.66. The van der Waals surface area contributed by atoms with E-state index in [9.17, 15) is 18.0 Å². The highest BCUT2D eigenvalue weighted by Crippen LogP contribution is 2.27. The number of aliphatic carboxylic acids is 1. The fourth-order valence-corrected chi connectivity index (χ4v) is 4.33. The third kappa shape index (κ3) is 4.70. The summed E-state index contributed by atoms with van der Waals surface area (Å²) in [6.07, 6.45) is 3.14. The third-order valence-corrected chi connectivity index (χ3v) is 6.32. The van der Waals surface area contributed by atoms with Crippen LogP contribution in [-0.2, 0) is 19.6 Å². The number of rotatable bonds is 7. The van der Waals surface area contributed by atoms with E-state index in [1.54, 1.807) is 48.8 Å². The van der Waals surface area contributed by atoms with Gasteiger partial charge in [0.05, 0.1) is 10.8 Å². The Morgan fingerprint density at radius 3 is 2.22 bits per heavy atom. The van der Waals surface area contributed by atoms with Crippen molar-refractivity contribution in [3.63, 3.8) is 0 Å². The molecule has 1 fully saturated rings. The highest BCUT2D eigenvalue weighted by atomic mass is 32.2. The number of nitrogens with one attached hydrogen (secondary N) is 1. The molecule has 1 unspecified atom stereocenters. The van der Waals surface area contributed by atoms with Gasteiger partial charge in [-0.1, -0.05) is 0 Å². The van der Waals surface area contributed by atoms with Crippen LogP contribution in [0.1, 0.15) is 6.42 Å². The standard InChI is InChI=1S/C22H19N3O6S/c26-21-13-15(22(27)28)14-25(21)17-3-7-20(8-4-17)32(29,30)24-16-1-5-18(6-2-16)31-19-9-11-23-12-10-19/h1-12,15,24H,13-14H2,(H,27,28). The number of pyridine rings is 1. The number of sulfonamides is 1. The highest BCUT2D eigenvalue weighted by molar-refractivity contribution is 7.92. The van der Waals surface area contributed by atoms with Crippen LogP contribution in [-0.4, -0.2) is 36.9 Å². The Morgan fingerprint density at radius 1 is 1.00 bits per heavy atom. The third-order valence-electron chi connectivity index (χ3n) is 4.92. The summed E-state index contributed by atoms with van der Waals surface area (Å²) < 4.78 is 33.6. The SMILES string of the molecule is O=C(O)C1CC(=O)N(c2ccc(S(=O)(=O)Nc3ccc(Oc4ccncc4)cc3)cc2)C1. The summed E-state index contributed by atoms with van der Waals surface area (Å²) in [7, 11) is -3.86. The average Bonchev–Trinajstić information content (AvgIpc) is 3.18. The van der Waals surface area contributed by atoms with Gasteiger partial charge in [-0.15, -0.1) is 0 Å². The van der Waals surface area contributed by atoms with E-state index < -0.39 is 21.9 Å². The number of amides is 1. The molecule has 2 N–H and O–H groups in total. The number of carbonyl (C=O) groups excluding carboxylic acids is 1. The second-order valence-corrected chi connectivity index (χ2v) is 8.83. The molecule has 164 valence electrons. The summed E-state index contributed by atoms with van der Waals surface area (Å²) >= 11 is 0. The second kappa shape index (κ2) is 8.67. The maximum Gasteiger partial charge on any atom is 0.308 e. The zero-order valence-corrected chi connectivity index (χ0v) is 17.5. The Labute approximate surface area is 184 Å². The molecule has 32 heavy (non-hydrogen) atoms. The van der Waals surface area contributed by atoms with Gasteiger partial charge in [-0.2, -0.15) is 0 Å². The number of hydrogen-bond donors (Lipinski definition) is 2. The zero-order chi connectivity index (χ0) is 22.7. The van der Waals surface area contributed by atoms with Crippen molar-refractivity contribution in [1.82, 2.24) is 4.98 Å². The number of nitrogens with zero attached hydrogens (tertiary/aromatic N) is 2. The summed E-state index contributed by atoms with van der Waals surface area (Å²) in [5, 5.41) is 9.10. The van der Waals surface area contributed by atoms with Crippen LogP contribution in [0.2, 0.25) is 0 Å². The summed E-state index contributed by atoms with van der Waals surface area (Å²) in [5.74, 6) is -0.947. The van der Waals surface area contributed by atoms with E-state index in [1.165, 1.54) is 29.2 Å². The predicted octanol–water partition coefficient (Wildman–Crippen LogP) is 3.11. The first-order chi connectivity index (χ1) is 15.3. The first kappa shape index (κ1) is 21.3. The van der Waals surface area contributed by atoms with Gasteiger partial charge in [-0.3, -0.25) is 19.3 Å². The number of anilines is 2.